The minimum absolute atomic E-state index is 0.0713. The Bertz CT molecular complexity index is 668. The highest BCUT2D eigenvalue weighted by atomic mass is 19.1. The van der Waals surface area contributed by atoms with Gasteiger partial charge in [-0.3, -0.25) is 9.69 Å². The van der Waals surface area contributed by atoms with Crippen LogP contribution in [-0.2, 0) is 0 Å². The predicted octanol–water partition coefficient (Wildman–Crippen LogP) is 3.70. The van der Waals surface area contributed by atoms with Gasteiger partial charge in [-0.2, -0.15) is 0 Å². The number of amides is 2. The first-order valence-corrected chi connectivity index (χ1v) is 6.38. The number of urea groups is 1. The first-order valence-electron chi connectivity index (χ1n) is 6.38. The number of anilines is 2. The van der Waals surface area contributed by atoms with Crippen molar-refractivity contribution in [3.63, 3.8) is 0 Å². The molecule has 2 amide bonds. The highest BCUT2D eigenvalue weighted by molar-refractivity contribution is 6.02. The zero-order valence-corrected chi connectivity index (χ0v) is 11.8. The van der Waals surface area contributed by atoms with Crippen molar-refractivity contribution >= 4 is 23.2 Å². The van der Waals surface area contributed by atoms with Crippen molar-refractivity contribution in [2.45, 2.75) is 6.92 Å². The van der Waals surface area contributed by atoms with E-state index in [9.17, 15) is 14.0 Å². The molecule has 2 aromatic rings. The van der Waals surface area contributed by atoms with E-state index in [2.05, 4.69) is 5.32 Å². The number of carbonyl (C=O) groups excluding carboxylic acids is 2. The SMILES string of the molecule is CC(=O)c1cccc(NC(=O)N(C)c2ccc(F)cc2)c1. The maximum atomic E-state index is 12.9. The van der Waals surface area contributed by atoms with Crippen LogP contribution in [0, 0.1) is 5.82 Å². The van der Waals surface area contributed by atoms with Crippen molar-refractivity contribution in [1.82, 2.24) is 0 Å². The van der Waals surface area contributed by atoms with Crippen LogP contribution in [0.2, 0.25) is 0 Å². The molecule has 0 aliphatic carbocycles. The fraction of sp³-hybridized carbons (Fsp3) is 0.125. The Kier molecular flexibility index (Phi) is 4.33. The molecule has 0 aliphatic heterocycles. The van der Waals surface area contributed by atoms with Crippen molar-refractivity contribution in [2.24, 2.45) is 0 Å². The van der Waals surface area contributed by atoms with Gasteiger partial charge in [-0.1, -0.05) is 12.1 Å². The number of nitrogens with one attached hydrogen (secondary N) is 1. The summed E-state index contributed by atoms with van der Waals surface area (Å²) in [6.45, 7) is 1.46. The lowest BCUT2D eigenvalue weighted by atomic mass is 10.1. The van der Waals surface area contributed by atoms with Gasteiger partial charge in [-0.05, 0) is 43.3 Å². The molecule has 0 aliphatic rings. The average Bonchev–Trinajstić information content (AvgIpc) is 2.47. The first kappa shape index (κ1) is 14.7. The van der Waals surface area contributed by atoms with Crippen LogP contribution in [-0.4, -0.2) is 18.9 Å². The summed E-state index contributed by atoms with van der Waals surface area (Å²) in [6, 6.07) is 11.9. The van der Waals surface area contributed by atoms with Crippen LogP contribution in [0.1, 0.15) is 17.3 Å². The zero-order valence-electron chi connectivity index (χ0n) is 11.8. The molecular weight excluding hydrogens is 271 g/mol. The van der Waals surface area contributed by atoms with E-state index >= 15 is 0 Å². The second kappa shape index (κ2) is 6.17. The Morgan fingerprint density at radius 2 is 1.76 bits per heavy atom. The van der Waals surface area contributed by atoms with E-state index in [-0.39, 0.29) is 17.6 Å². The summed E-state index contributed by atoms with van der Waals surface area (Å²) in [5.74, 6) is -0.431. The van der Waals surface area contributed by atoms with E-state index < -0.39 is 0 Å². The van der Waals surface area contributed by atoms with Crippen LogP contribution < -0.4 is 10.2 Å². The molecular formula is C16H15FN2O2. The normalized spacial score (nSPS) is 10.0. The fourth-order valence-corrected chi connectivity index (χ4v) is 1.81. The molecule has 0 atom stereocenters. The van der Waals surface area contributed by atoms with Gasteiger partial charge < -0.3 is 5.32 Å². The Balaban J connectivity index is 2.12. The molecule has 2 aromatic carbocycles. The Morgan fingerprint density at radius 1 is 1.10 bits per heavy atom. The third-order valence-electron chi connectivity index (χ3n) is 3.04. The second-order valence-corrected chi connectivity index (χ2v) is 4.60. The van der Waals surface area contributed by atoms with Gasteiger partial charge >= 0.3 is 6.03 Å². The molecule has 5 heteroatoms. The van der Waals surface area contributed by atoms with Crippen LogP contribution in [0.25, 0.3) is 0 Å². The lowest BCUT2D eigenvalue weighted by molar-refractivity contribution is 0.101. The summed E-state index contributed by atoms with van der Waals surface area (Å²) in [6.07, 6.45) is 0. The molecule has 0 radical (unpaired) electrons. The number of ketones is 1. The van der Waals surface area contributed by atoms with Crippen molar-refractivity contribution < 1.29 is 14.0 Å². The molecule has 1 N–H and O–H groups in total. The Morgan fingerprint density at radius 3 is 2.38 bits per heavy atom. The van der Waals surface area contributed by atoms with Crippen molar-refractivity contribution in [3.05, 3.63) is 59.9 Å². The van der Waals surface area contributed by atoms with Crippen LogP contribution >= 0.6 is 0 Å². The number of nitrogens with zero attached hydrogens (tertiary/aromatic N) is 1. The first-order chi connectivity index (χ1) is 9.97. The van der Waals surface area contributed by atoms with E-state index in [4.69, 9.17) is 0 Å². The molecule has 0 spiro atoms. The number of benzene rings is 2. The van der Waals surface area contributed by atoms with E-state index in [0.29, 0.717) is 16.9 Å². The van der Waals surface area contributed by atoms with Crippen LogP contribution in [0.3, 0.4) is 0 Å². The predicted molar refractivity (Wildman–Crippen MR) is 80.3 cm³/mol. The maximum absolute atomic E-state index is 12.9. The molecule has 0 saturated carbocycles. The molecule has 0 saturated heterocycles. The largest absolute Gasteiger partial charge is 0.326 e. The van der Waals surface area contributed by atoms with Crippen LogP contribution in [0.5, 0.6) is 0 Å². The number of rotatable bonds is 3. The zero-order chi connectivity index (χ0) is 15.4. The van der Waals surface area contributed by atoms with Crippen molar-refractivity contribution in [3.8, 4) is 0 Å². The highest BCUT2D eigenvalue weighted by Crippen LogP contribution is 2.16. The average molecular weight is 286 g/mol. The lowest BCUT2D eigenvalue weighted by Crippen LogP contribution is -2.31. The van der Waals surface area contributed by atoms with Gasteiger partial charge in [0, 0.05) is 24.0 Å². The van der Waals surface area contributed by atoms with E-state index in [1.807, 2.05) is 0 Å². The summed E-state index contributed by atoms with van der Waals surface area (Å²) >= 11 is 0. The number of halogens is 1. The van der Waals surface area contributed by atoms with E-state index in [1.54, 1.807) is 31.3 Å². The number of hydrogen-bond acceptors (Lipinski definition) is 2. The summed E-state index contributed by atoms with van der Waals surface area (Å²) in [5.41, 5.74) is 1.62. The fourth-order valence-electron chi connectivity index (χ4n) is 1.81. The monoisotopic (exact) mass is 286 g/mol. The van der Waals surface area contributed by atoms with Gasteiger partial charge in [-0.15, -0.1) is 0 Å². The second-order valence-electron chi connectivity index (χ2n) is 4.60. The molecule has 4 nitrogen and oxygen atoms in total. The smallest absolute Gasteiger partial charge is 0.308 e. The summed E-state index contributed by atoms with van der Waals surface area (Å²) in [7, 11) is 1.58. The molecule has 2 rings (SSSR count). The molecule has 0 heterocycles. The van der Waals surface area contributed by atoms with E-state index in [1.165, 1.54) is 36.1 Å². The van der Waals surface area contributed by atoms with Gasteiger partial charge in [0.25, 0.3) is 0 Å². The molecule has 0 fully saturated rings. The van der Waals surface area contributed by atoms with Crippen molar-refractivity contribution in [2.75, 3.05) is 17.3 Å². The number of carbonyl (C=O) groups is 2. The Labute approximate surface area is 122 Å². The quantitative estimate of drug-likeness (QED) is 0.875. The molecule has 0 bridgehead atoms. The van der Waals surface area contributed by atoms with Gasteiger partial charge in [0.2, 0.25) is 0 Å². The topological polar surface area (TPSA) is 49.4 Å². The lowest BCUT2D eigenvalue weighted by Gasteiger charge is -2.18. The van der Waals surface area contributed by atoms with Gasteiger partial charge in [0.1, 0.15) is 5.82 Å². The maximum Gasteiger partial charge on any atom is 0.326 e. The Hall–Kier alpha value is -2.69. The molecule has 21 heavy (non-hydrogen) atoms. The van der Waals surface area contributed by atoms with Crippen LogP contribution in [0.4, 0.5) is 20.6 Å². The number of hydrogen-bond donors (Lipinski definition) is 1. The standard InChI is InChI=1S/C16H15FN2O2/c1-11(20)12-4-3-5-14(10-12)18-16(21)19(2)15-8-6-13(17)7-9-15/h3-10H,1-2H3,(H,18,21). The summed E-state index contributed by atoms with van der Waals surface area (Å²) in [5, 5.41) is 2.69. The third kappa shape index (κ3) is 3.66. The number of Topliss-reactive ketones (excluding diaryl/α,β-unsaturated/α-hetero) is 1. The van der Waals surface area contributed by atoms with Crippen LogP contribution in [0.15, 0.2) is 48.5 Å². The highest BCUT2D eigenvalue weighted by Gasteiger charge is 2.11. The molecule has 108 valence electrons. The molecule has 0 unspecified atom stereocenters. The van der Waals surface area contributed by atoms with Gasteiger partial charge in [0.15, 0.2) is 5.78 Å². The van der Waals surface area contributed by atoms with Crippen molar-refractivity contribution in [1.29, 1.82) is 0 Å². The molecule has 0 aromatic heterocycles. The van der Waals surface area contributed by atoms with Gasteiger partial charge in [0.05, 0.1) is 0 Å². The minimum atomic E-state index is -0.373. The third-order valence-corrected chi connectivity index (χ3v) is 3.04. The summed E-state index contributed by atoms with van der Waals surface area (Å²) in [4.78, 5) is 24.8. The summed E-state index contributed by atoms with van der Waals surface area (Å²) < 4.78 is 12.9. The van der Waals surface area contributed by atoms with E-state index in [0.717, 1.165) is 0 Å². The van der Waals surface area contributed by atoms with Gasteiger partial charge in [-0.25, -0.2) is 9.18 Å². The minimum Gasteiger partial charge on any atom is -0.308 e.